The quantitative estimate of drug-likeness (QED) is 0.655. The Morgan fingerprint density at radius 2 is 2.12 bits per heavy atom. The first-order valence-electron chi connectivity index (χ1n) is 10.1. The molecule has 138 valence electrons. The molecule has 1 unspecified atom stereocenters. The van der Waals surface area contributed by atoms with Gasteiger partial charge in [0.15, 0.2) is 0 Å². The van der Waals surface area contributed by atoms with E-state index in [-0.39, 0.29) is 5.60 Å². The molecule has 2 fully saturated rings. The van der Waals surface area contributed by atoms with Gasteiger partial charge in [-0.2, -0.15) is 5.26 Å². The van der Waals surface area contributed by atoms with Crippen LogP contribution < -0.4 is 4.90 Å². The average Bonchev–Trinajstić information content (AvgIpc) is 2.70. The molecule has 1 aliphatic heterocycles. The van der Waals surface area contributed by atoms with Gasteiger partial charge in [-0.3, -0.25) is 4.98 Å². The number of hydrogen-bond acceptors (Lipinski definition) is 3. The molecule has 26 heavy (non-hydrogen) atoms. The lowest BCUT2D eigenvalue weighted by Gasteiger charge is -2.33. The van der Waals surface area contributed by atoms with Crippen LogP contribution in [0.4, 0.5) is 0 Å². The molecule has 3 rings (SSSR count). The first-order valence-corrected chi connectivity index (χ1v) is 10.1. The molecular formula is C22H30N3O+. The summed E-state index contributed by atoms with van der Waals surface area (Å²) < 4.78 is 6.10. The first-order chi connectivity index (χ1) is 12.8. The van der Waals surface area contributed by atoms with Crippen molar-refractivity contribution in [1.29, 1.82) is 5.26 Å². The number of rotatable bonds is 5. The molecular weight excluding hydrogens is 322 g/mol. The van der Waals surface area contributed by atoms with Crippen molar-refractivity contribution in [2.45, 2.75) is 69.4 Å². The van der Waals surface area contributed by atoms with Crippen LogP contribution in [0, 0.1) is 23.2 Å². The van der Waals surface area contributed by atoms with Crippen LogP contribution in [0.15, 0.2) is 24.5 Å². The summed E-state index contributed by atoms with van der Waals surface area (Å²) >= 11 is 0. The molecule has 2 heterocycles. The molecule has 1 N–H and O–H groups in total. The number of hydrogen-bond donors (Lipinski definition) is 1. The molecule has 1 saturated carbocycles. The van der Waals surface area contributed by atoms with Crippen LogP contribution in [0.3, 0.4) is 0 Å². The smallest absolute Gasteiger partial charge is 0.139 e. The van der Waals surface area contributed by atoms with Crippen molar-refractivity contribution in [3.63, 3.8) is 0 Å². The van der Waals surface area contributed by atoms with Crippen molar-refractivity contribution in [3.05, 3.63) is 30.1 Å². The third-order valence-electron chi connectivity index (χ3n) is 5.71. The van der Waals surface area contributed by atoms with E-state index in [0.717, 1.165) is 19.4 Å². The number of nitrogens with zero attached hydrogens (tertiary/aromatic N) is 2. The van der Waals surface area contributed by atoms with Gasteiger partial charge in [-0.1, -0.05) is 18.4 Å². The van der Waals surface area contributed by atoms with Crippen molar-refractivity contribution in [1.82, 2.24) is 4.98 Å². The number of piperidine rings is 1. The van der Waals surface area contributed by atoms with Crippen LogP contribution in [0.2, 0.25) is 0 Å². The van der Waals surface area contributed by atoms with E-state index >= 15 is 0 Å². The Hall–Kier alpha value is -1.88. The Labute approximate surface area is 157 Å². The second-order valence-corrected chi connectivity index (χ2v) is 7.53. The second kappa shape index (κ2) is 9.72. The normalized spacial score (nSPS) is 24.9. The standard InChI is InChI=1S/C22H29N3O/c23-14-8-18-26-22(11-3-1-4-12-22)13-7-17-25-16-5-2-10-21(25)20-9-6-15-24-19-20/h6,9,15,19,21H,1-5,8,10-12,16-18H2/p+1/t21-/m0/s1. The van der Waals surface area contributed by atoms with E-state index in [1.807, 2.05) is 18.5 Å². The van der Waals surface area contributed by atoms with Crippen molar-refractivity contribution < 1.29 is 9.64 Å². The average molecular weight is 353 g/mol. The topological polar surface area (TPSA) is 50.3 Å². The van der Waals surface area contributed by atoms with Crippen LogP contribution in [0.1, 0.15) is 69.4 Å². The van der Waals surface area contributed by atoms with Gasteiger partial charge in [-0.25, -0.2) is 0 Å². The Morgan fingerprint density at radius 1 is 1.23 bits per heavy atom. The molecule has 2 aliphatic rings. The zero-order valence-electron chi connectivity index (χ0n) is 15.7. The van der Waals surface area contributed by atoms with E-state index < -0.39 is 0 Å². The first kappa shape index (κ1) is 18.9. The second-order valence-electron chi connectivity index (χ2n) is 7.53. The third kappa shape index (κ3) is 5.07. The number of nitrogens with one attached hydrogen (secondary N) is 1. The summed E-state index contributed by atoms with van der Waals surface area (Å²) in [6.45, 7) is 2.54. The number of likely N-dealkylation sites (tertiary alicyclic amines) is 1. The van der Waals surface area contributed by atoms with Gasteiger partial charge in [-0.05, 0) is 50.5 Å². The maximum Gasteiger partial charge on any atom is 0.139 e. The minimum atomic E-state index is -0.311. The van der Waals surface area contributed by atoms with E-state index in [9.17, 15) is 0 Å². The van der Waals surface area contributed by atoms with Gasteiger partial charge in [-0.15, -0.1) is 0 Å². The van der Waals surface area contributed by atoms with Gasteiger partial charge in [0.2, 0.25) is 0 Å². The fourth-order valence-corrected chi connectivity index (χ4v) is 4.31. The molecule has 0 aromatic carbocycles. The SMILES string of the molecule is N#CCCOC1(C#CC[NH+]2CCCC[C@H]2c2cccnc2)CCCCC1. The summed E-state index contributed by atoms with van der Waals surface area (Å²) in [5.41, 5.74) is 1.02. The summed E-state index contributed by atoms with van der Waals surface area (Å²) in [6, 6.07) is 6.91. The van der Waals surface area contributed by atoms with E-state index in [0.29, 0.717) is 19.1 Å². The maximum absolute atomic E-state index is 8.79. The van der Waals surface area contributed by atoms with Gasteiger partial charge in [0.25, 0.3) is 0 Å². The Morgan fingerprint density at radius 3 is 2.88 bits per heavy atom. The van der Waals surface area contributed by atoms with Crippen molar-refractivity contribution in [3.8, 4) is 17.9 Å². The number of quaternary nitrogens is 1. The van der Waals surface area contributed by atoms with E-state index in [2.05, 4.69) is 29.0 Å². The van der Waals surface area contributed by atoms with Crippen LogP contribution in [0.25, 0.3) is 0 Å². The molecule has 0 amide bonds. The molecule has 0 radical (unpaired) electrons. The monoisotopic (exact) mass is 352 g/mol. The predicted molar refractivity (Wildman–Crippen MR) is 101 cm³/mol. The third-order valence-corrected chi connectivity index (χ3v) is 5.71. The number of aromatic nitrogens is 1. The fourth-order valence-electron chi connectivity index (χ4n) is 4.31. The highest BCUT2D eigenvalue weighted by molar-refractivity contribution is 5.16. The molecule has 1 aliphatic carbocycles. The molecule has 1 saturated heterocycles. The summed E-state index contributed by atoms with van der Waals surface area (Å²) in [6.07, 6.45) is 13.7. The van der Waals surface area contributed by atoms with E-state index in [4.69, 9.17) is 10.00 Å². The van der Waals surface area contributed by atoms with Crippen molar-refractivity contribution in [2.24, 2.45) is 0 Å². The van der Waals surface area contributed by atoms with Gasteiger partial charge in [0.05, 0.1) is 25.6 Å². The molecule has 2 atom stereocenters. The van der Waals surface area contributed by atoms with Crippen molar-refractivity contribution in [2.75, 3.05) is 19.7 Å². The lowest BCUT2D eigenvalue weighted by Crippen LogP contribution is -3.13. The molecule has 0 bridgehead atoms. The molecule has 1 aromatic heterocycles. The highest BCUT2D eigenvalue weighted by atomic mass is 16.5. The van der Waals surface area contributed by atoms with Gasteiger partial charge >= 0.3 is 0 Å². The molecule has 0 spiro atoms. The lowest BCUT2D eigenvalue weighted by atomic mass is 9.85. The Bertz CT molecular complexity index is 649. The fraction of sp³-hybridized carbons (Fsp3) is 0.636. The molecule has 1 aromatic rings. The van der Waals surface area contributed by atoms with Crippen LogP contribution >= 0.6 is 0 Å². The van der Waals surface area contributed by atoms with Gasteiger partial charge in [0.1, 0.15) is 18.2 Å². The highest BCUT2D eigenvalue weighted by Gasteiger charge is 2.31. The Balaban J connectivity index is 1.66. The minimum absolute atomic E-state index is 0.311. The van der Waals surface area contributed by atoms with E-state index in [1.54, 1.807) is 4.90 Å². The summed E-state index contributed by atoms with van der Waals surface area (Å²) in [5.74, 6) is 6.97. The van der Waals surface area contributed by atoms with Crippen LogP contribution in [0.5, 0.6) is 0 Å². The lowest BCUT2D eigenvalue weighted by molar-refractivity contribution is -0.930. The molecule has 4 heteroatoms. The minimum Gasteiger partial charge on any atom is -0.361 e. The highest BCUT2D eigenvalue weighted by Crippen LogP contribution is 2.31. The zero-order chi connectivity index (χ0) is 18.1. The summed E-state index contributed by atoms with van der Waals surface area (Å²) in [4.78, 5) is 5.86. The van der Waals surface area contributed by atoms with E-state index in [1.165, 1.54) is 50.6 Å². The zero-order valence-corrected chi connectivity index (χ0v) is 15.7. The molecule has 4 nitrogen and oxygen atoms in total. The summed E-state index contributed by atoms with van der Waals surface area (Å²) in [7, 11) is 0. The number of pyridine rings is 1. The number of ether oxygens (including phenoxy) is 1. The maximum atomic E-state index is 8.79. The Kier molecular flexibility index (Phi) is 7.06. The number of nitriles is 1. The van der Waals surface area contributed by atoms with Gasteiger partial charge < -0.3 is 9.64 Å². The van der Waals surface area contributed by atoms with Gasteiger partial charge in [0, 0.05) is 24.4 Å². The van der Waals surface area contributed by atoms with Crippen LogP contribution in [-0.4, -0.2) is 30.3 Å². The summed E-state index contributed by atoms with van der Waals surface area (Å²) in [5, 5.41) is 8.79. The van der Waals surface area contributed by atoms with Crippen molar-refractivity contribution >= 4 is 0 Å². The predicted octanol–water partition coefficient (Wildman–Crippen LogP) is 2.83. The largest absolute Gasteiger partial charge is 0.361 e. The van der Waals surface area contributed by atoms with Crippen LogP contribution in [-0.2, 0) is 4.74 Å².